The van der Waals surface area contributed by atoms with Crippen molar-refractivity contribution in [2.45, 2.75) is 24.9 Å². The van der Waals surface area contributed by atoms with Crippen LogP contribution in [0.2, 0.25) is 0 Å². The fourth-order valence-electron chi connectivity index (χ4n) is 2.60. The van der Waals surface area contributed by atoms with Gasteiger partial charge in [-0.3, -0.25) is 4.79 Å². The highest BCUT2D eigenvalue weighted by atomic mass is 16.5. The predicted octanol–water partition coefficient (Wildman–Crippen LogP) is 1.37. The van der Waals surface area contributed by atoms with E-state index in [2.05, 4.69) is 0 Å². The number of methoxy groups -OCH3 is 1. The zero-order valence-electron chi connectivity index (χ0n) is 11.4. The molecule has 1 aliphatic rings. The molecule has 0 aromatic heterocycles. The third-order valence-electron chi connectivity index (χ3n) is 3.82. The first-order valence-electron chi connectivity index (χ1n) is 6.83. The number of carbonyl (C=O) groups is 1. The fourth-order valence-corrected chi connectivity index (χ4v) is 2.60. The number of hydrogen-bond donors (Lipinski definition) is 1. The van der Waals surface area contributed by atoms with E-state index in [1.807, 2.05) is 35.2 Å². The Balaban J connectivity index is 2.02. The van der Waals surface area contributed by atoms with Gasteiger partial charge >= 0.3 is 0 Å². The van der Waals surface area contributed by atoms with Crippen LogP contribution in [0, 0.1) is 0 Å². The highest BCUT2D eigenvalue weighted by Crippen LogP contribution is 2.21. The molecule has 1 amide bonds. The van der Waals surface area contributed by atoms with Gasteiger partial charge in [0.1, 0.15) is 0 Å². The maximum absolute atomic E-state index is 12.5. The molecule has 2 N–H and O–H groups in total. The minimum absolute atomic E-state index is 0.142. The van der Waals surface area contributed by atoms with E-state index in [4.69, 9.17) is 10.5 Å². The molecule has 1 aromatic rings. The number of hydrogen-bond acceptors (Lipinski definition) is 3. The first-order chi connectivity index (χ1) is 9.26. The largest absolute Gasteiger partial charge is 0.381 e. The van der Waals surface area contributed by atoms with Gasteiger partial charge < -0.3 is 15.4 Å². The molecule has 0 aliphatic carbocycles. The normalized spacial score (nSPS) is 18.3. The molecule has 2 rings (SSSR count). The van der Waals surface area contributed by atoms with Crippen LogP contribution in [0.1, 0.15) is 24.3 Å². The van der Waals surface area contributed by atoms with Crippen LogP contribution in [-0.4, -0.2) is 43.7 Å². The third-order valence-corrected chi connectivity index (χ3v) is 3.82. The van der Waals surface area contributed by atoms with E-state index in [1.165, 1.54) is 0 Å². The number of nitrogens with two attached hydrogens (primary N) is 1. The van der Waals surface area contributed by atoms with Gasteiger partial charge in [-0.25, -0.2) is 0 Å². The van der Waals surface area contributed by atoms with Crippen LogP contribution >= 0.6 is 0 Å². The van der Waals surface area contributed by atoms with Gasteiger partial charge in [0.05, 0.1) is 12.0 Å². The van der Waals surface area contributed by atoms with Gasteiger partial charge in [-0.05, 0) is 18.4 Å². The summed E-state index contributed by atoms with van der Waals surface area (Å²) in [7, 11) is 1.73. The van der Waals surface area contributed by atoms with Crippen molar-refractivity contribution in [1.29, 1.82) is 0 Å². The summed E-state index contributed by atoms with van der Waals surface area (Å²) in [4.78, 5) is 14.4. The fraction of sp³-hybridized carbons (Fsp3) is 0.533. The van der Waals surface area contributed by atoms with Gasteiger partial charge in [0.25, 0.3) is 0 Å². The number of amides is 1. The van der Waals surface area contributed by atoms with Crippen molar-refractivity contribution in [3.8, 4) is 0 Å². The van der Waals surface area contributed by atoms with E-state index in [0.717, 1.165) is 31.5 Å². The van der Waals surface area contributed by atoms with Gasteiger partial charge in [0.15, 0.2) is 0 Å². The summed E-state index contributed by atoms with van der Waals surface area (Å²) >= 11 is 0. The summed E-state index contributed by atoms with van der Waals surface area (Å²) < 4.78 is 5.33. The predicted molar refractivity (Wildman–Crippen MR) is 74.8 cm³/mol. The minimum atomic E-state index is -0.222. The number of likely N-dealkylation sites (tertiary alicyclic amines) is 1. The average Bonchev–Trinajstić information content (AvgIpc) is 2.49. The highest BCUT2D eigenvalue weighted by molar-refractivity contribution is 5.84. The smallest absolute Gasteiger partial charge is 0.231 e. The summed E-state index contributed by atoms with van der Waals surface area (Å²) in [5, 5.41) is 0. The molecule has 4 heteroatoms. The zero-order chi connectivity index (χ0) is 13.7. The lowest BCUT2D eigenvalue weighted by Crippen LogP contribution is -2.44. The van der Waals surface area contributed by atoms with Crippen molar-refractivity contribution >= 4 is 5.91 Å². The first-order valence-corrected chi connectivity index (χ1v) is 6.83. The Morgan fingerprint density at radius 2 is 2.00 bits per heavy atom. The topological polar surface area (TPSA) is 55.6 Å². The summed E-state index contributed by atoms with van der Waals surface area (Å²) in [6, 6.07) is 9.78. The maximum atomic E-state index is 12.5. The molecule has 0 radical (unpaired) electrons. The first kappa shape index (κ1) is 14.0. The Morgan fingerprint density at radius 3 is 2.53 bits per heavy atom. The molecule has 0 spiro atoms. The molecule has 104 valence electrons. The highest BCUT2D eigenvalue weighted by Gasteiger charge is 2.28. The van der Waals surface area contributed by atoms with Crippen LogP contribution in [0.5, 0.6) is 0 Å². The molecule has 1 atom stereocenters. The summed E-state index contributed by atoms with van der Waals surface area (Å²) in [5.74, 6) is -0.0800. The average molecular weight is 262 g/mol. The Labute approximate surface area is 114 Å². The monoisotopic (exact) mass is 262 g/mol. The number of ether oxygens (including phenoxy) is 1. The van der Waals surface area contributed by atoms with E-state index in [-0.39, 0.29) is 17.9 Å². The molecule has 1 heterocycles. The molecular weight excluding hydrogens is 240 g/mol. The quantitative estimate of drug-likeness (QED) is 0.891. The van der Waals surface area contributed by atoms with Crippen LogP contribution in [0.25, 0.3) is 0 Å². The number of rotatable bonds is 4. The Morgan fingerprint density at radius 1 is 1.37 bits per heavy atom. The third kappa shape index (κ3) is 3.33. The molecule has 1 saturated heterocycles. The van der Waals surface area contributed by atoms with Gasteiger partial charge in [-0.1, -0.05) is 30.3 Å². The van der Waals surface area contributed by atoms with Gasteiger partial charge in [-0.15, -0.1) is 0 Å². The van der Waals surface area contributed by atoms with Crippen LogP contribution in [0.15, 0.2) is 30.3 Å². The summed E-state index contributed by atoms with van der Waals surface area (Å²) in [6.07, 6.45) is 2.11. The molecule has 1 fully saturated rings. The van der Waals surface area contributed by atoms with Crippen LogP contribution < -0.4 is 5.73 Å². The molecule has 1 unspecified atom stereocenters. The lowest BCUT2D eigenvalue weighted by Gasteiger charge is -2.33. The van der Waals surface area contributed by atoms with Gasteiger partial charge in [0, 0.05) is 26.7 Å². The Bertz CT molecular complexity index is 400. The van der Waals surface area contributed by atoms with E-state index in [9.17, 15) is 4.79 Å². The molecule has 1 aliphatic heterocycles. The van der Waals surface area contributed by atoms with Gasteiger partial charge in [0.2, 0.25) is 5.91 Å². The number of benzene rings is 1. The van der Waals surface area contributed by atoms with Crippen molar-refractivity contribution < 1.29 is 9.53 Å². The number of piperidine rings is 1. The Kier molecular flexibility index (Phi) is 4.93. The van der Waals surface area contributed by atoms with Crippen LogP contribution in [-0.2, 0) is 9.53 Å². The molecule has 1 aromatic carbocycles. The van der Waals surface area contributed by atoms with Crippen molar-refractivity contribution in [3.63, 3.8) is 0 Å². The lowest BCUT2D eigenvalue weighted by molar-refractivity contribution is -0.134. The number of carbonyl (C=O) groups excluding carboxylic acids is 1. The van der Waals surface area contributed by atoms with Crippen LogP contribution in [0.3, 0.4) is 0 Å². The van der Waals surface area contributed by atoms with Crippen molar-refractivity contribution in [2.24, 2.45) is 5.73 Å². The van der Waals surface area contributed by atoms with Crippen molar-refractivity contribution in [2.75, 3.05) is 26.7 Å². The summed E-state index contributed by atoms with van der Waals surface area (Å²) in [5.41, 5.74) is 6.80. The molecule has 0 saturated carbocycles. The standard InChI is InChI=1S/C15H22N2O2/c1-19-13-7-9-17(10-8-13)15(18)14(11-16)12-5-3-2-4-6-12/h2-6,13-14H,7-11,16H2,1H3. The second-order valence-electron chi connectivity index (χ2n) is 4.96. The van der Waals surface area contributed by atoms with E-state index < -0.39 is 0 Å². The lowest BCUT2D eigenvalue weighted by atomic mass is 9.96. The van der Waals surface area contributed by atoms with Crippen LogP contribution in [0.4, 0.5) is 0 Å². The SMILES string of the molecule is COC1CCN(C(=O)C(CN)c2ccccc2)CC1. The van der Waals surface area contributed by atoms with E-state index >= 15 is 0 Å². The molecular formula is C15H22N2O2. The number of nitrogens with zero attached hydrogens (tertiary/aromatic N) is 1. The second-order valence-corrected chi connectivity index (χ2v) is 4.96. The van der Waals surface area contributed by atoms with E-state index in [0.29, 0.717) is 6.54 Å². The van der Waals surface area contributed by atoms with Crippen molar-refractivity contribution in [1.82, 2.24) is 4.90 Å². The minimum Gasteiger partial charge on any atom is -0.381 e. The maximum Gasteiger partial charge on any atom is 0.231 e. The zero-order valence-corrected chi connectivity index (χ0v) is 11.4. The Hall–Kier alpha value is -1.39. The second kappa shape index (κ2) is 6.68. The molecule has 0 bridgehead atoms. The molecule has 4 nitrogen and oxygen atoms in total. The van der Waals surface area contributed by atoms with Gasteiger partial charge in [-0.2, -0.15) is 0 Å². The molecule has 19 heavy (non-hydrogen) atoms. The summed E-state index contributed by atoms with van der Waals surface area (Å²) in [6.45, 7) is 1.88. The van der Waals surface area contributed by atoms with Crippen molar-refractivity contribution in [3.05, 3.63) is 35.9 Å². The van der Waals surface area contributed by atoms with E-state index in [1.54, 1.807) is 7.11 Å².